The predicted molar refractivity (Wildman–Crippen MR) is 105 cm³/mol. The summed E-state index contributed by atoms with van der Waals surface area (Å²) < 4.78 is 0. The number of aryl methyl sites for hydroxylation is 1. The first kappa shape index (κ1) is 20.3. The highest BCUT2D eigenvalue weighted by Crippen LogP contribution is 2.18. The number of benzene rings is 1. The molecule has 0 amide bonds. The minimum absolute atomic E-state index is 1.25. The topological polar surface area (TPSA) is 0 Å². The van der Waals surface area contributed by atoms with Crippen LogP contribution in [0.2, 0.25) is 0 Å². The quantitative estimate of drug-likeness (QED) is 0.289. The van der Waals surface area contributed by atoms with E-state index in [9.17, 15) is 0 Å². The number of hydrogen-bond acceptors (Lipinski definition) is 0. The Balaban J connectivity index is 2.17. The normalized spacial score (nSPS) is 11.0. The summed E-state index contributed by atoms with van der Waals surface area (Å²) in [5, 5.41) is 0. The van der Waals surface area contributed by atoms with Crippen LogP contribution in [0.5, 0.6) is 0 Å². The van der Waals surface area contributed by atoms with Crippen LogP contribution in [-0.2, 0) is 6.42 Å². The van der Waals surface area contributed by atoms with Gasteiger partial charge in [-0.05, 0) is 36.8 Å². The fourth-order valence-electron chi connectivity index (χ4n) is 3.24. The second-order valence-corrected chi connectivity index (χ2v) is 6.98. The van der Waals surface area contributed by atoms with E-state index in [2.05, 4.69) is 44.5 Å². The van der Waals surface area contributed by atoms with E-state index < -0.39 is 0 Å². The largest absolute Gasteiger partial charge is 0.0654 e. The minimum Gasteiger partial charge on any atom is -0.0654 e. The molecule has 0 aliphatic heterocycles. The zero-order valence-corrected chi connectivity index (χ0v) is 15.8. The fourth-order valence-corrected chi connectivity index (χ4v) is 3.24. The van der Waals surface area contributed by atoms with Crippen molar-refractivity contribution in [2.24, 2.45) is 0 Å². The van der Waals surface area contributed by atoms with Crippen LogP contribution in [0.1, 0.15) is 108 Å². The first-order chi connectivity index (χ1) is 11.4. The molecule has 0 spiro atoms. The minimum atomic E-state index is 1.25. The maximum atomic E-state index is 2.48. The monoisotopic (exact) mass is 315 g/mol. The van der Waals surface area contributed by atoms with E-state index >= 15 is 0 Å². The van der Waals surface area contributed by atoms with Gasteiger partial charge in [0.25, 0.3) is 0 Å². The Morgan fingerprint density at radius 3 is 1.91 bits per heavy atom. The van der Waals surface area contributed by atoms with E-state index in [4.69, 9.17) is 0 Å². The van der Waals surface area contributed by atoms with Gasteiger partial charge in [-0.3, -0.25) is 0 Å². The molecule has 1 radical (unpaired) electrons. The SMILES string of the molecule is CCCCCCCC[CH]c1ccccc1CCCCCCCC. The Morgan fingerprint density at radius 2 is 1.22 bits per heavy atom. The van der Waals surface area contributed by atoms with Crippen molar-refractivity contribution in [3.05, 3.63) is 41.8 Å². The molecular weight excluding hydrogens is 276 g/mol. The van der Waals surface area contributed by atoms with E-state index in [-0.39, 0.29) is 0 Å². The van der Waals surface area contributed by atoms with Gasteiger partial charge in [-0.15, -0.1) is 0 Å². The van der Waals surface area contributed by atoms with Crippen LogP contribution in [-0.4, -0.2) is 0 Å². The zero-order chi connectivity index (χ0) is 16.6. The molecule has 0 heteroatoms. The molecule has 0 nitrogen and oxygen atoms in total. The van der Waals surface area contributed by atoms with Crippen LogP contribution < -0.4 is 0 Å². The summed E-state index contributed by atoms with van der Waals surface area (Å²) in [6.07, 6.45) is 21.7. The van der Waals surface area contributed by atoms with Gasteiger partial charge >= 0.3 is 0 Å². The molecule has 0 atom stereocenters. The van der Waals surface area contributed by atoms with Crippen LogP contribution in [0.3, 0.4) is 0 Å². The van der Waals surface area contributed by atoms with Crippen molar-refractivity contribution in [3.8, 4) is 0 Å². The maximum absolute atomic E-state index is 2.48. The Kier molecular flexibility index (Phi) is 13.0. The molecule has 131 valence electrons. The molecule has 0 saturated heterocycles. The van der Waals surface area contributed by atoms with Crippen molar-refractivity contribution in [2.45, 2.75) is 104 Å². The van der Waals surface area contributed by atoms with Gasteiger partial charge in [0, 0.05) is 0 Å². The van der Waals surface area contributed by atoms with Gasteiger partial charge in [-0.25, -0.2) is 0 Å². The predicted octanol–water partition coefficient (Wildman–Crippen LogP) is 7.89. The Labute approximate surface area is 146 Å². The fraction of sp³-hybridized carbons (Fsp3) is 0.696. The van der Waals surface area contributed by atoms with Crippen LogP contribution in [0, 0.1) is 6.42 Å². The highest BCUT2D eigenvalue weighted by atomic mass is 14.1. The molecule has 23 heavy (non-hydrogen) atoms. The first-order valence-corrected chi connectivity index (χ1v) is 10.3. The van der Waals surface area contributed by atoms with Gasteiger partial charge in [-0.2, -0.15) is 0 Å². The van der Waals surface area contributed by atoms with Crippen molar-refractivity contribution < 1.29 is 0 Å². The molecule has 0 aromatic heterocycles. The molecule has 0 N–H and O–H groups in total. The van der Waals surface area contributed by atoms with Crippen molar-refractivity contribution in [1.29, 1.82) is 0 Å². The van der Waals surface area contributed by atoms with E-state index in [1.54, 1.807) is 5.56 Å². The van der Waals surface area contributed by atoms with Gasteiger partial charge in [0.2, 0.25) is 0 Å². The summed E-state index contributed by atoms with van der Waals surface area (Å²) in [4.78, 5) is 0. The van der Waals surface area contributed by atoms with Gasteiger partial charge in [0.15, 0.2) is 0 Å². The maximum Gasteiger partial charge on any atom is -0.00903 e. The third kappa shape index (κ3) is 10.6. The summed E-state index contributed by atoms with van der Waals surface area (Å²) in [6.45, 7) is 4.57. The summed E-state index contributed by atoms with van der Waals surface area (Å²) in [5.74, 6) is 0. The smallest absolute Gasteiger partial charge is 0.00903 e. The Morgan fingerprint density at radius 1 is 0.652 bits per heavy atom. The number of unbranched alkanes of at least 4 members (excludes halogenated alkanes) is 11. The van der Waals surface area contributed by atoms with Gasteiger partial charge in [0.1, 0.15) is 0 Å². The second kappa shape index (κ2) is 14.8. The number of hydrogen-bond donors (Lipinski definition) is 0. The molecule has 0 bridgehead atoms. The third-order valence-electron chi connectivity index (χ3n) is 4.78. The molecule has 0 fully saturated rings. The van der Waals surface area contributed by atoms with Gasteiger partial charge in [-0.1, -0.05) is 109 Å². The highest BCUT2D eigenvalue weighted by molar-refractivity contribution is 5.32. The Bertz CT molecular complexity index is 366. The zero-order valence-electron chi connectivity index (χ0n) is 15.8. The summed E-state index contributed by atoms with van der Waals surface area (Å²) in [5.41, 5.74) is 3.06. The molecular formula is C23H39. The molecule has 0 aliphatic carbocycles. The molecule has 1 aromatic carbocycles. The van der Waals surface area contributed by atoms with Crippen LogP contribution in [0.25, 0.3) is 0 Å². The lowest BCUT2D eigenvalue weighted by molar-refractivity contribution is 0.603. The molecule has 0 aliphatic rings. The van der Waals surface area contributed by atoms with Gasteiger partial charge < -0.3 is 0 Å². The lowest BCUT2D eigenvalue weighted by atomic mass is 9.96. The molecule has 0 unspecified atom stereocenters. The summed E-state index contributed by atoms with van der Waals surface area (Å²) in [6, 6.07) is 9.04. The van der Waals surface area contributed by atoms with Crippen LogP contribution >= 0.6 is 0 Å². The number of rotatable bonds is 15. The lowest BCUT2D eigenvalue weighted by Crippen LogP contribution is -1.94. The summed E-state index contributed by atoms with van der Waals surface area (Å²) in [7, 11) is 0. The standard InChI is InChI=1S/C23H39/c1-3-5-7-9-11-13-15-19-23-21-17-16-20-22(23)18-14-12-10-8-6-4-2/h16-17,19-21H,3-15,18H2,1-2H3. The lowest BCUT2D eigenvalue weighted by Gasteiger charge is -2.09. The molecule has 1 rings (SSSR count). The first-order valence-electron chi connectivity index (χ1n) is 10.3. The van der Waals surface area contributed by atoms with Crippen molar-refractivity contribution >= 4 is 0 Å². The third-order valence-corrected chi connectivity index (χ3v) is 4.78. The van der Waals surface area contributed by atoms with Crippen molar-refractivity contribution in [3.63, 3.8) is 0 Å². The Hall–Kier alpha value is -0.780. The van der Waals surface area contributed by atoms with Crippen molar-refractivity contribution in [2.75, 3.05) is 0 Å². The van der Waals surface area contributed by atoms with E-state index in [0.29, 0.717) is 0 Å². The summed E-state index contributed by atoms with van der Waals surface area (Å²) >= 11 is 0. The average molecular weight is 316 g/mol. The second-order valence-electron chi connectivity index (χ2n) is 6.98. The average Bonchev–Trinajstić information content (AvgIpc) is 2.58. The van der Waals surface area contributed by atoms with Gasteiger partial charge in [0.05, 0.1) is 0 Å². The molecule has 0 saturated carbocycles. The van der Waals surface area contributed by atoms with E-state index in [1.807, 2.05) is 0 Å². The van der Waals surface area contributed by atoms with Crippen LogP contribution in [0.4, 0.5) is 0 Å². The van der Waals surface area contributed by atoms with E-state index in [0.717, 1.165) is 0 Å². The highest BCUT2D eigenvalue weighted by Gasteiger charge is 2.02. The van der Waals surface area contributed by atoms with E-state index in [1.165, 1.54) is 95.5 Å². The van der Waals surface area contributed by atoms with Crippen molar-refractivity contribution in [1.82, 2.24) is 0 Å². The molecule has 1 aromatic rings. The van der Waals surface area contributed by atoms with Crippen LogP contribution in [0.15, 0.2) is 24.3 Å². The molecule has 0 heterocycles.